The van der Waals surface area contributed by atoms with Gasteiger partial charge in [0.05, 0.1) is 25.2 Å². The second kappa shape index (κ2) is 49.8. The van der Waals surface area contributed by atoms with Crippen molar-refractivity contribution in [3.05, 3.63) is 97.2 Å². The third kappa shape index (κ3) is 45.2. The van der Waals surface area contributed by atoms with E-state index in [2.05, 4.69) is 123 Å². The normalized spacial score (nSPS) is 14.0. The van der Waals surface area contributed by atoms with E-state index in [1.165, 1.54) is 70.6 Å². The van der Waals surface area contributed by atoms with Gasteiger partial charge in [0.15, 0.2) is 0 Å². The second-order valence-corrected chi connectivity index (χ2v) is 17.2. The molecule has 0 fully saturated rings. The third-order valence-electron chi connectivity index (χ3n) is 11.2. The lowest BCUT2D eigenvalue weighted by molar-refractivity contribution is -0.151. The molecule has 0 aliphatic heterocycles. The molecule has 0 saturated carbocycles. The highest BCUT2D eigenvalue weighted by molar-refractivity contribution is 5.77. The first-order valence-electron chi connectivity index (χ1n) is 26.0. The maximum Gasteiger partial charge on any atom is 0.306 e. The minimum absolute atomic E-state index is 0.0357. The molecular formula is C57H97NO5. The number of unbranched alkanes of at least 4 members (excludes halogenated alkanes) is 19. The molecule has 0 aromatic carbocycles. The van der Waals surface area contributed by atoms with Gasteiger partial charge in [-0.25, -0.2) is 0 Å². The molecule has 0 radical (unpaired) electrons. The van der Waals surface area contributed by atoms with Crippen LogP contribution in [0.15, 0.2) is 97.2 Å². The number of ether oxygens (including phenoxy) is 1. The lowest BCUT2D eigenvalue weighted by Crippen LogP contribution is -2.46. The van der Waals surface area contributed by atoms with Crippen LogP contribution in [-0.2, 0) is 14.3 Å². The number of aliphatic hydroxyl groups excluding tert-OH is 2. The number of esters is 1. The van der Waals surface area contributed by atoms with Crippen LogP contribution in [0.5, 0.6) is 0 Å². The summed E-state index contributed by atoms with van der Waals surface area (Å²) in [5.74, 6) is -0.553. The number of carbonyl (C=O) groups excluding carboxylic acids is 2. The van der Waals surface area contributed by atoms with E-state index >= 15 is 0 Å². The van der Waals surface area contributed by atoms with Crippen molar-refractivity contribution in [2.24, 2.45) is 0 Å². The van der Waals surface area contributed by atoms with E-state index in [1.807, 2.05) is 0 Å². The molecule has 3 N–H and O–H groups in total. The van der Waals surface area contributed by atoms with E-state index < -0.39 is 18.2 Å². The van der Waals surface area contributed by atoms with Crippen LogP contribution >= 0.6 is 0 Å². The summed E-state index contributed by atoms with van der Waals surface area (Å²) in [5.41, 5.74) is 0. The maximum absolute atomic E-state index is 13.2. The summed E-state index contributed by atoms with van der Waals surface area (Å²) in [6.07, 6.45) is 66.1. The standard InChI is InChI=1S/C57H97NO5/c1-4-7-10-13-16-19-21-23-25-27-28-29-31-33-35-38-41-44-47-50-57(62)63-53(48-45-42-39-37-34-32-30-26-24-22-20-17-14-11-8-5-2)51-56(61)58-54(52-59)55(60)49-46-43-40-36-18-15-12-9-6-3/h7,10,16,19,22-26,28-30,32-35,53-55,59-60H,4-6,8-9,11-15,17-18,20-21,27,31,36-52H2,1-3H3,(H,58,61)/b10-7-,19-16-,24-22+,25-23-,29-28-,30-26+,34-32+,35-33-. The predicted molar refractivity (Wildman–Crippen MR) is 273 cm³/mol. The van der Waals surface area contributed by atoms with Crippen molar-refractivity contribution < 1.29 is 24.5 Å². The number of allylic oxidation sites excluding steroid dienone is 16. The summed E-state index contributed by atoms with van der Waals surface area (Å²) in [4.78, 5) is 26.1. The fraction of sp³-hybridized carbons (Fsp3) is 0.684. The Morgan fingerprint density at radius 3 is 1.44 bits per heavy atom. The van der Waals surface area contributed by atoms with Crippen molar-refractivity contribution in [2.75, 3.05) is 6.61 Å². The van der Waals surface area contributed by atoms with Gasteiger partial charge in [0.25, 0.3) is 0 Å². The fourth-order valence-corrected chi connectivity index (χ4v) is 7.28. The predicted octanol–water partition coefficient (Wildman–Crippen LogP) is 15.7. The van der Waals surface area contributed by atoms with Crippen molar-refractivity contribution in [3.63, 3.8) is 0 Å². The zero-order chi connectivity index (χ0) is 45.9. The van der Waals surface area contributed by atoms with Gasteiger partial charge < -0.3 is 20.3 Å². The minimum Gasteiger partial charge on any atom is -0.462 e. The van der Waals surface area contributed by atoms with Gasteiger partial charge in [-0.3, -0.25) is 9.59 Å². The lowest BCUT2D eigenvalue weighted by Gasteiger charge is -2.24. The summed E-state index contributed by atoms with van der Waals surface area (Å²) >= 11 is 0. The first kappa shape index (κ1) is 59.8. The molecule has 0 bridgehead atoms. The van der Waals surface area contributed by atoms with Crippen LogP contribution in [0.3, 0.4) is 0 Å². The molecule has 0 rings (SSSR count). The molecule has 3 unspecified atom stereocenters. The zero-order valence-electron chi connectivity index (χ0n) is 40.9. The quantitative estimate of drug-likeness (QED) is 0.0245. The highest BCUT2D eigenvalue weighted by Gasteiger charge is 2.24. The SMILES string of the molecule is CC/C=C\C/C=C\C/C=C\C/C=C\C/C=C\CCCCCC(=O)OC(CCCCC/C=C/C=C/C=C/CCCCCCC)CC(=O)NC(CO)C(O)CCCCCCCCCCC. The molecule has 6 heteroatoms. The van der Waals surface area contributed by atoms with Gasteiger partial charge in [0.2, 0.25) is 5.91 Å². The third-order valence-corrected chi connectivity index (χ3v) is 11.2. The average Bonchev–Trinajstić information content (AvgIpc) is 3.28. The van der Waals surface area contributed by atoms with Crippen LogP contribution < -0.4 is 5.32 Å². The summed E-state index contributed by atoms with van der Waals surface area (Å²) in [6, 6.07) is -0.724. The van der Waals surface area contributed by atoms with Crippen LogP contribution in [0.4, 0.5) is 0 Å². The highest BCUT2D eigenvalue weighted by atomic mass is 16.5. The Bertz CT molecular complexity index is 1260. The number of carbonyl (C=O) groups is 2. The van der Waals surface area contributed by atoms with Gasteiger partial charge >= 0.3 is 5.97 Å². The summed E-state index contributed by atoms with van der Waals surface area (Å²) in [6.45, 7) is 6.31. The molecule has 0 saturated heterocycles. The smallest absolute Gasteiger partial charge is 0.306 e. The summed E-state index contributed by atoms with van der Waals surface area (Å²) in [5, 5.41) is 23.7. The first-order valence-corrected chi connectivity index (χ1v) is 26.0. The van der Waals surface area contributed by atoms with Crippen molar-refractivity contribution in [1.29, 1.82) is 0 Å². The number of amides is 1. The monoisotopic (exact) mass is 876 g/mol. The largest absolute Gasteiger partial charge is 0.462 e. The number of hydrogen-bond acceptors (Lipinski definition) is 5. The molecule has 0 aromatic heterocycles. The molecule has 0 aliphatic rings. The van der Waals surface area contributed by atoms with Crippen molar-refractivity contribution in [1.82, 2.24) is 5.32 Å². The van der Waals surface area contributed by atoms with Crippen LogP contribution in [0, 0.1) is 0 Å². The summed E-state index contributed by atoms with van der Waals surface area (Å²) < 4.78 is 5.90. The molecule has 0 aromatic rings. The Morgan fingerprint density at radius 2 is 0.921 bits per heavy atom. The molecule has 1 amide bonds. The van der Waals surface area contributed by atoms with E-state index in [9.17, 15) is 19.8 Å². The van der Waals surface area contributed by atoms with Gasteiger partial charge in [-0.1, -0.05) is 214 Å². The summed E-state index contributed by atoms with van der Waals surface area (Å²) in [7, 11) is 0. The zero-order valence-corrected chi connectivity index (χ0v) is 40.9. The van der Waals surface area contributed by atoms with E-state index in [0.29, 0.717) is 19.3 Å². The molecule has 6 nitrogen and oxygen atoms in total. The van der Waals surface area contributed by atoms with E-state index in [0.717, 1.165) is 109 Å². The van der Waals surface area contributed by atoms with E-state index in [4.69, 9.17) is 4.74 Å². The van der Waals surface area contributed by atoms with Gasteiger partial charge in [0.1, 0.15) is 6.10 Å². The number of aliphatic hydroxyl groups is 2. The highest BCUT2D eigenvalue weighted by Crippen LogP contribution is 2.16. The Balaban J connectivity index is 4.72. The van der Waals surface area contributed by atoms with Crippen molar-refractivity contribution >= 4 is 11.9 Å². The number of rotatable bonds is 45. The van der Waals surface area contributed by atoms with Crippen molar-refractivity contribution in [3.8, 4) is 0 Å². The molecule has 360 valence electrons. The van der Waals surface area contributed by atoms with Crippen LogP contribution in [0.25, 0.3) is 0 Å². The first-order chi connectivity index (χ1) is 31.0. The Morgan fingerprint density at radius 1 is 0.492 bits per heavy atom. The van der Waals surface area contributed by atoms with Gasteiger partial charge in [-0.15, -0.1) is 0 Å². The van der Waals surface area contributed by atoms with E-state index in [-0.39, 0.29) is 24.9 Å². The number of nitrogens with one attached hydrogen (secondary N) is 1. The van der Waals surface area contributed by atoms with Gasteiger partial charge in [-0.05, 0) is 96.3 Å². The Labute approximate surface area is 388 Å². The van der Waals surface area contributed by atoms with Gasteiger partial charge in [0, 0.05) is 6.42 Å². The molecular weight excluding hydrogens is 779 g/mol. The van der Waals surface area contributed by atoms with Crippen LogP contribution in [0.2, 0.25) is 0 Å². The molecule has 3 atom stereocenters. The Hall–Kier alpha value is -3.22. The topological polar surface area (TPSA) is 95.9 Å². The van der Waals surface area contributed by atoms with E-state index in [1.54, 1.807) is 0 Å². The number of hydrogen-bond donors (Lipinski definition) is 3. The average molecular weight is 876 g/mol. The molecule has 63 heavy (non-hydrogen) atoms. The maximum atomic E-state index is 13.2. The van der Waals surface area contributed by atoms with Crippen molar-refractivity contribution in [2.45, 2.75) is 244 Å². The molecule has 0 aliphatic carbocycles. The molecule has 0 heterocycles. The molecule has 0 spiro atoms. The van der Waals surface area contributed by atoms with Gasteiger partial charge in [-0.2, -0.15) is 0 Å². The van der Waals surface area contributed by atoms with Crippen LogP contribution in [0.1, 0.15) is 226 Å². The van der Waals surface area contributed by atoms with Crippen LogP contribution in [-0.4, -0.2) is 46.9 Å². The second-order valence-electron chi connectivity index (χ2n) is 17.2. The Kier molecular flexibility index (Phi) is 47.2. The minimum atomic E-state index is -0.807. The lowest BCUT2D eigenvalue weighted by atomic mass is 10.0. The fourth-order valence-electron chi connectivity index (χ4n) is 7.28.